The number of hydrogen-bond acceptors (Lipinski definition) is 6. The quantitative estimate of drug-likeness (QED) is 0.721. The van der Waals surface area contributed by atoms with Gasteiger partial charge in [0.15, 0.2) is 5.82 Å². The number of methoxy groups -OCH3 is 1. The van der Waals surface area contributed by atoms with Crippen LogP contribution in [0.25, 0.3) is 0 Å². The number of nitrogens with one attached hydrogen (secondary N) is 1. The second-order valence-electron chi connectivity index (χ2n) is 9.05. The van der Waals surface area contributed by atoms with Crippen LogP contribution in [0.4, 0.5) is 0 Å². The minimum absolute atomic E-state index is 0.0220. The first kappa shape index (κ1) is 18.8. The zero-order valence-electron chi connectivity index (χ0n) is 17.0. The Morgan fingerprint density at radius 1 is 1.21 bits per heavy atom. The molecule has 1 aromatic carbocycles. The summed E-state index contributed by atoms with van der Waals surface area (Å²) in [6.07, 6.45) is 6.95. The molecular weight excluding hydrogens is 366 g/mol. The Kier molecular flexibility index (Phi) is 4.90. The summed E-state index contributed by atoms with van der Waals surface area (Å²) < 4.78 is 10.5. The Labute approximate surface area is 171 Å². The SMILES string of the molecule is COC(=O)[C@H]1CC[C@H](c2nc(C3(CN[C@H]4C[C@@H]4c4ccccc4)CC3)no2)CC1. The van der Waals surface area contributed by atoms with E-state index in [-0.39, 0.29) is 23.2 Å². The van der Waals surface area contributed by atoms with Crippen molar-refractivity contribution in [2.24, 2.45) is 5.92 Å². The summed E-state index contributed by atoms with van der Waals surface area (Å²) in [5.74, 6) is 2.46. The van der Waals surface area contributed by atoms with Gasteiger partial charge in [0, 0.05) is 29.8 Å². The minimum Gasteiger partial charge on any atom is -0.469 e. The van der Waals surface area contributed by atoms with E-state index in [9.17, 15) is 4.79 Å². The molecule has 0 saturated heterocycles. The molecule has 1 aromatic heterocycles. The lowest BCUT2D eigenvalue weighted by molar-refractivity contribution is -0.146. The predicted octanol–water partition coefficient (Wildman–Crippen LogP) is 3.69. The van der Waals surface area contributed by atoms with Crippen molar-refractivity contribution in [3.05, 3.63) is 47.6 Å². The van der Waals surface area contributed by atoms with Gasteiger partial charge in [-0.05, 0) is 50.5 Å². The van der Waals surface area contributed by atoms with E-state index >= 15 is 0 Å². The van der Waals surface area contributed by atoms with Crippen molar-refractivity contribution in [3.8, 4) is 0 Å². The second kappa shape index (κ2) is 7.56. The minimum atomic E-state index is -0.0911. The maximum absolute atomic E-state index is 11.7. The first-order valence-electron chi connectivity index (χ1n) is 10.9. The molecule has 0 spiro atoms. The van der Waals surface area contributed by atoms with Crippen molar-refractivity contribution in [2.45, 2.75) is 68.2 Å². The van der Waals surface area contributed by atoms with Crippen LogP contribution < -0.4 is 5.32 Å². The molecule has 2 aromatic rings. The highest BCUT2D eigenvalue weighted by atomic mass is 16.5. The molecule has 3 aliphatic carbocycles. The van der Waals surface area contributed by atoms with Crippen LogP contribution in [0, 0.1) is 5.92 Å². The Morgan fingerprint density at radius 3 is 2.66 bits per heavy atom. The van der Waals surface area contributed by atoms with E-state index in [4.69, 9.17) is 14.2 Å². The standard InChI is InChI=1S/C23H29N3O3/c1-28-21(27)17-9-7-16(8-10-17)20-25-22(26-29-20)23(11-12-23)14-24-19-13-18(19)15-5-3-2-4-6-15/h2-6,16-19,24H,7-14H2,1H3/t16-,17-,18-,19+/m1/s1. The van der Waals surface area contributed by atoms with E-state index in [1.54, 1.807) is 0 Å². The van der Waals surface area contributed by atoms with Crippen LogP contribution in [-0.4, -0.2) is 35.8 Å². The van der Waals surface area contributed by atoms with Crippen molar-refractivity contribution < 1.29 is 14.1 Å². The van der Waals surface area contributed by atoms with E-state index in [1.807, 2.05) is 0 Å². The van der Waals surface area contributed by atoms with E-state index in [1.165, 1.54) is 19.1 Å². The third-order valence-electron chi connectivity index (χ3n) is 7.10. The van der Waals surface area contributed by atoms with Crippen LogP contribution in [0.3, 0.4) is 0 Å². The Balaban J connectivity index is 1.15. The van der Waals surface area contributed by atoms with Crippen LogP contribution in [0.5, 0.6) is 0 Å². The molecule has 6 heteroatoms. The Hall–Kier alpha value is -2.21. The lowest BCUT2D eigenvalue weighted by Crippen LogP contribution is -2.30. The number of nitrogens with zero attached hydrogens (tertiary/aromatic N) is 2. The largest absolute Gasteiger partial charge is 0.469 e. The van der Waals surface area contributed by atoms with Gasteiger partial charge in [-0.15, -0.1) is 0 Å². The van der Waals surface area contributed by atoms with Crippen molar-refractivity contribution in [1.82, 2.24) is 15.5 Å². The molecule has 0 aliphatic heterocycles. The van der Waals surface area contributed by atoms with E-state index < -0.39 is 0 Å². The Morgan fingerprint density at radius 2 is 1.97 bits per heavy atom. The van der Waals surface area contributed by atoms with Gasteiger partial charge >= 0.3 is 5.97 Å². The first-order chi connectivity index (χ1) is 14.2. The number of hydrogen-bond donors (Lipinski definition) is 1. The summed E-state index contributed by atoms with van der Waals surface area (Å²) in [6.45, 7) is 0.926. The third-order valence-corrected chi connectivity index (χ3v) is 7.10. The Bertz CT molecular complexity index is 853. The molecule has 3 saturated carbocycles. The average molecular weight is 396 g/mol. The van der Waals surface area contributed by atoms with Crippen LogP contribution in [-0.2, 0) is 14.9 Å². The summed E-state index contributed by atoms with van der Waals surface area (Å²) in [5, 5.41) is 8.10. The van der Waals surface area contributed by atoms with Crippen molar-refractivity contribution in [1.29, 1.82) is 0 Å². The average Bonchev–Trinajstić information content (AvgIpc) is 3.69. The maximum Gasteiger partial charge on any atom is 0.308 e. The van der Waals surface area contributed by atoms with Gasteiger partial charge in [-0.1, -0.05) is 35.5 Å². The van der Waals surface area contributed by atoms with E-state index in [0.29, 0.717) is 12.0 Å². The smallest absolute Gasteiger partial charge is 0.308 e. The van der Waals surface area contributed by atoms with Gasteiger partial charge in [-0.3, -0.25) is 4.79 Å². The third kappa shape index (κ3) is 3.82. The normalized spacial score (nSPS) is 30.0. The zero-order valence-corrected chi connectivity index (χ0v) is 17.0. The maximum atomic E-state index is 11.7. The summed E-state index contributed by atoms with van der Waals surface area (Å²) in [6, 6.07) is 11.3. The number of ether oxygens (including phenoxy) is 1. The van der Waals surface area contributed by atoms with Gasteiger partial charge in [0.25, 0.3) is 0 Å². The molecule has 154 valence electrons. The molecule has 6 nitrogen and oxygen atoms in total. The van der Waals surface area contributed by atoms with Gasteiger partial charge in [0.05, 0.1) is 13.0 Å². The molecule has 29 heavy (non-hydrogen) atoms. The summed E-state index contributed by atoms with van der Waals surface area (Å²) in [4.78, 5) is 16.5. The van der Waals surface area contributed by atoms with Crippen molar-refractivity contribution in [3.63, 3.8) is 0 Å². The van der Waals surface area contributed by atoms with Crippen LogP contribution >= 0.6 is 0 Å². The molecule has 2 atom stereocenters. The lowest BCUT2D eigenvalue weighted by atomic mass is 9.82. The van der Waals surface area contributed by atoms with E-state index in [2.05, 4.69) is 40.8 Å². The summed E-state index contributed by atoms with van der Waals surface area (Å²) in [7, 11) is 1.46. The molecule has 3 fully saturated rings. The fraction of sp³-hybridized carbons (Fsp3) is 0.609. The molecule has 3 aliphatic rings. The molecule has 0 unspecified atom stereocenters. The van der Waals surface area contributed by atoms with Crippen LogP contribution in [0.2, 0.25) is 0 Å². The molecule has 0 amide bonds. The number of esters is 1. The number of benzene rings is 1. The molecule has 5 rings (SSSR count). The highest BCUT2D eigenvalue weighted by Crippen LogP contribution is 2.48. The van der Waals surface area contributed by atoms with Gasteiger partial charge in [0.1, 0.15) is 0 Å². The van der Waals surface area contributed by atoms with Crippen molar-refractivity contribution >= 4 is 5.97 Å². The fourth-order valence-electron chi connectivity index (χ4n) is 4.81. The molecule has 0 radical (unpaired) electrons. The summed E-state index contributed by atoms with van der Waals surface area (Å²) >= 11 is 0. The number of rotatable bonds is 7. The molecular formula is C23H29N3O3. The molecule has 1 heterocycles. The van der Waals surface area contributed by atoms with E-state index in [0.717, 1.165) is 56.8 Å². The topological polar surface area (TPSA) is 77.2 Å². The number of carbonyl (C=O) groups excluding carboxylic acids is 1. The fourth-order valence-corrected chi connectivity index (χ4v) is 4.81. The molecule has 0 bridgehead atoms. The van der Waals surface area contributed by atoms with Crippen molar-refractivity contribution in [2.75, 3.05) is 13.7 Å². The van der Waals surface area contributed by atoms with Crippen LogP contribution in [0.1, 0.15) is 74.1 Å². The second-order valence-corrected chi connectivity index (χ2v) is 9.05. The first-order valence-corrected chi connectivity index (χ1v) is 10.9. The monoisotopic (exact) mass is 395 g/mol. The van der Waals surface area contributed by atoms with Gasteiger partial charge in [0.2, 0.25) is 5.89 Å². The van der Waals surface area contributed by atoms with Gasteiger partial charge in [-0.25, -0.2) is 0 Å². The van der Waals surface area contributed by atoms with Gasteiger partial charge < -0.3 is 14.6 Å². The summed E-state index contributed by atoms with van der Waals surface area (Å²) in [5.41, 5.74) is 1.48. The predicted molar refractivity (Wildman–Crippen MR) is 108 cm³/mol. The lowest BCUT2D eigenvalue weighted by Gasteiger charge is -2.24. The number of aromatic nitrogens is 2. The highest BCUT2D eigenvalue weighted by Gasteiger charge is 2.50. The highest BCUT2D eigenvalue weighted by molar-refractivity contribution is 5.72. The van der Waals surface area contributed by atoms with Crippen LogP contribution in [0.15, 0.2) is 34.9 Å². The zero-order chi connectivity index (χ0) is 19.8. The van der Waals surface area contributed by atoms with Gasteiger partial charge in [-0.2, -0.15) is 4.98 Å². The number of carbonyl (C=O) groups is 1. The molecule has 1 N–H and O–H groups in total.